The summed E-state index contributed by atoms with van der Waals surface area (Å²) in [5.41, 5.74) is 3.41. The Hall–Kier alpha value is -4.14. The van der Waals surface area contributed by atoms with E-state index in [0.29, 0.717) is 21.1 Å². The topological polar surface area (TPSA) is 97.7 Å². The van der Waals surface area contributed by atoms with Crippen molar-refractivity contribution in [2.45, 2.75) is 9.79 Å². The molecule has 0 unspecified atom stereocenters. The third-order valence-electron chi connectivity index (χ3n) is 5.25. The van der Waals surface area contributed by atoms with E-state index in [4.69, 9.17) is 16.0 Å². The summed E-state index contributed by atoms with van der Waals surface area (Å²) < 4.78 is 5.68. The molecule has 1 N–H and O–H groups in total. The first-order valence-electron chi connectivity index (χ1n) is 10.4. The van der Waals surface area contributed by atoms with Crippen LogP contribution in [0.2, 0.25) is 5.02 Å². The molecule has 0 aliphatic heterocycles. The molecule has 5 rings (SSSR count). The Morgan fingerprint density at radius 2 is 1.80 bits per heavy atom. The van der Waals surface area contributed by atoms with Gasteiger partial charge >= 0.3 is 5.91 Å². The summed E-state index contributed by atoms with van der Waals surface area (Å²) in [6.45, 7) is 0. The lowest BCUT2D eigenvalue weighted by Gasteiger charge is -2.04. The highest BCUT2D eigenvalue weighted by Crippen LogP contribution is 2.35. The third-order valence-corrected chi connectivity index (χ3v) is 6.58. The second kappa shape index (κ2) is 9.61. The van der Waals surface area contributed by atoms with Gasteiger partial charge in [-0.3, -0.25) is 14.9 Å². The van der Waals surface area contributed by atoms with Gasteiger partial charge in [0.25, 0.3) is 5.69 Å². The molecule has 0 aliphatic carbocycles. The van der Waals surface area contributed by atoms with Crippen molar-refractivity contribution in [3.05, 3.63) is 111 Å². The van der Waals surface area contributed by atoms with Gasteiger partial charge in [-0.2, -0.15) is 5.10 Å². The molecule has 0 bridgehead atoms. The van der Waals surface area contributed by atoms with Gasteiger partial charge in [-0.15, -0.1) is 0 Å². The van der Waals surface area contributed by atoms with E-state index in [1.165, 1.54) is 24.0 Å². The first-order valence-corrected chi connectivity index (χ1v) is 11.6. The van der Waals surface area contributed by atoms with Gasteiger partial charge in [-0.05, 0) is 53.2 Å². The molecule has 0 atom stereocenters. The molecule has 35 heavy (non-hydrogen) atoms. The zero-order valence-corrected chi connectivity index (χ0v) is 19.5. The summed E-state index contributed by atoms with van der Waals surface area (Å²) in [7, 11) is 0. The summed E-state index contributed by atoms with van der Waals surface area (Å²) in [5.74, 6) is -0.403. The summed E-state index contributed by atoms with van der Waals surface area (Å²) >= 11 is 7.16. The Bertz CT molecular complexity index is 1610. The van der Waals surface area contributed by atoms with E-state index in [0.717, 1.165) is 21.1 Å². The van der Waals surface area contributed by atoms with Gasteiger partial charge in [0.2, 0.25) is 0 Å². The van der Waals surface area contributed by atoms with E-state index >= 15 is 0 Å². The number of fused-ring (bicyclic) bond motifs is 3. The number of benzene rings is 4. The van der Waals surface area contributed by atoms with Gasteiger partial charge in [-0.25, -0.2) is 5.43 Å². The first-order chi connectivity index (χ1) is 17.0. The number of hydrogen-bond acceptors (Lipinski definition) is 6. The van der Waals surface area contributed by atoms with Crippen molar-refractivity contribution in [1.82, 2.24) is 5.43 Å². The van der Waals surface area contributed by atoms with Crippen molar-refractivity contribution < 1.29 is 14.1 Å². The second-order valence-corrected chi connectivity index (χ2v) is 9.10. The predicted octanol–water partition coefficient (Wildman–Crippen LogP) is 7.06. The van der Waals surface area contributed by atoms with Crippen LogP contribution in [0.4, 0.5) is 5.69 Å². The zero-order chi connectivity index (χ0) is 24.4. The van der Waals surface area contributed by atoms with Gasteiger partial charge in [0.05, 0.1) is 16.0 Å². The van der Waals surface area contributed by atoms with E-state index < -0.39 is 10.8 Å². The zero-order valence-electron chi connectivity index (χ0n) is 18.0. The van der Waals surface area contributed by atoms with Crippen LogP contribution in [0.1, 0.15) is 16.1 Å². The van der Waals surface area contributed by atoms with Gasteiger partial charge in [0.15, 0.2) is 5.76 Å². The molecular formula is C26H16ClN3O4S. The second-order valence-electron chi connectivity index (χ2n) is 7.55. The number of amides is 1. The van der Waals surface area contributed by atoms with Crippen LogP contribution >= 0.6 is 23.4 Å². The Labute approximate surface area is 208 Å². The van der Waals surface area contributed by atoms with Gasteiger partial charge in [0.1, 0.15) is 5.58 Å². The molecule has 9 heteroatoms. The summed E-state index contributed by atoms with van der Waals surface area (Å²) in [6, 6.07) is 25.0. The first kappa shape index (κ1) is 22.6. The van der Waals surface area contributed by atoms with Crippen LogP contribution in [-0.4, -0.2) is 17.0 Å². The number of halogens is 1. The largest absolute Gasteiger partial charge is 0.451 e. The van der Waals surface area contributed by atoms with E-state index in [1.807, 2.05) is 36.4 Å². The minimum atomic E-state index is -0.522. The number of furan rings is 1. The van der Waals surface area contributed by atoms with Crippen LogP contribution in [-0.2, 0) is 0 Å². The molecule has 1 heterocycles. The lowest BCUT2D eigenvalue weighted by Crippen LogP contribution is -2.16. The summed E-state index contributed by atoms with van der Waals surface area (Å²) in [6.07, 6.45) is 1.35. The van der Waals surface area contributed by atoms with Gasteiger partial charge in [-0.1, -0.05) is 59.8 Å². The maximum Gasteiger partial charge on any atom is 0.307 e. The molecule has 0 aliphatic rings. The van der Waals surface area contributed by atoms with Crippen LogP contribution < -0.4 is 5.43 Å². The minimum absolute atomic E-state index is 0.0654. The highest BCUT2D eigenvalue weighted by Gasteiger charge is 2.16. The molecule has 0 radical (unpaired) electrons. The maximum absolute atomic E-state index is 12.6. The van der Waals surface area contributed by atoms with Crippen LogP contribution in [0.15, 0.2) is 104 Å². The fourth-order valence-electron chi connectivity index (χ4n) is 3.60. The molecule has 7 nitrogen and oxygen atoms in total. The fraction of sp³-hybridized carbons (Fsp3) is 0. The quantitative estimate of drug-likeness (QED) is 0.152. The van der Waals surface area contributed by atoms with Gasteiger partial charge in [0, 0.05) is 26.9 Å². The maximum atomic E-state index is 12.6. The number of nitrogens with one attached hydrogen (secondary N) is 1. The van der Waals surface area contributed by atoms with E-state index in [2.05, 4.69) is 10.5 Å². The normalized spacial score (nSPS) is 11.3. The molecule has 0 saturated heterocycles. The number of nitrogens with zero attached hydrogens (tertiary/aromatic N) is 2. The van der Waals surface area contributed by atoms with Gasteiger partial charge < -0.3 is 4.42 Å². The van der Waals surface area contributed by atoms with Crippen molar-refractivity contribution >= 4 is 62.9 Å². The van der Waals surface area contributed by atoms with Crippen molar-refractivity contribution in [2.75, 3.05) is 0 Å². The molecular weight excluding hydrogens is 486 g/mol. The Kier molecular flexibility index (Phi) is 6.22. The highest BCUT2D eigenvalue weighted by molar-refractivity contribution is 7.99. The molecule has 1 aromatic heterocycles. The SMILES string of the molecule is O=C(N/N=C\c1ccc(Sc2ccc(Cl)cc2)c([N+](=O)[O-])c1)c1cc2c(ccc3ccccc32)o1. The standard InChI is InChI=1S/C26H16ClN3O4S/c27-18-7-9-19(10-8-18)35-25-12-5-16(13-22(25)30(32)33)15-28-29-26(31)24-14-21-20-4-2-1-3-17(20)6-11-23(21)34-24/h1-15H,(H,29,31)/b28-15-. The van der Waals surface area contributed by atoms with E-state index in [9.17, 15) is 14.9 Å². The van der Waals surface area contributed by atoms with Crippen molar-refractivity contribution in [3.8, 4) is 0 Å². The smallest absolute Gasteiger partial charge is 0.307 e. The van der Waals surface area contributed by atoms with Crippen molar-refractivity contribution in [1.29, 1.82) is 0 Å². The summed E-state index contributed by atoms with van der Waals surface area (Å²) in [5, 5.41) is 19.0. The molecule has 172 valence electrons. The van der Waals surface area contributed by atoms with Crippen molar-refractivity contribution in [3.63, 3.8) is 0 Å². The molecule has 0 saturated carbocycles. The highest BCUT2D eigenvalue weighted by atomic mass is 35.5. The minimum Gasteiger partial charge on any atom is -0.451 e. The van der Waals surface area contributed by atoms with Crippen LogP contribution in [0.25, 0.3) is 21.7 Å². The van der Waals surface area contributed by atoms with Crippen molar-refractivity contribution in [2.24, 2.45) is 5.10 Å². The molecule has 0 fully saturated rings. The van der Waals surface area contributed by atoms with Crippen LogP contribution in [0.5, 0.6) is 0 Å². The molecule has 1 amide bonds. The third kappa shape index (κ3) is 4.89. The number of hydrogen-bond donors (Lipinski definition) is 1. The average Bonchev–Trinajstić information content (AvgIpc) is 3.31. The van der Waals surface area contributed by atoms with Crippen LogP contribution in [0.3, 0.4) is 0 Å². The average molecular weight is 502 g/mol. The fourth-order valence-corrected chi connectivity index (χ4v) is 4.62. The number of carbonyl (C=O) groups is 1. The number of carbonyl (C=O) groups excluding carboxylic acids is 1. The molecule has 0 spiro atoms. The summed E-state index contributed by atoms with van der Waals surface area (Å²) in [4.78, 5) is 25.0. The molecule has 5 aromatic rings. The lowest BCUT2D eigenvalue weighted by molar-refractivity contribution is -0.387. The van der Waals surface area contributed by atoms with Crippen LogP contribution in [0, 0.1) is 10.1 Å². The number of nitro benzene ring substituents is 1. The lowest BCUT2D eigenvalue weighted by atomic mass is 10.1. The monoisotopic (exact) mass is 501 g/mol. The number of rotatable bonds is 6. The number of nitro groups is 1. The Morgan fingerprint density at radius 1 is 1.00 bits per heavy atom. The molecule has 4 aromatic carbocycles. The van der Waals surface area contributed by atoms with E-state index in [-0.39, 0.29) is 11.4 Å². The number of hydrazone groups is 1. The predicted molar refractivity (Wildman–Crippen MR) is 137 cm³/mol. The van der Waals surface area contributed by atoms with E-state index in [1.54, 1.807) is 42.5 Å². The Balaban J connectivity index is 1.32. The Morgan fingerprint density at radius 3 is 2.60 bits per heavy atom.